The Hall–Kier alpha value is -6.01. The predicted octanol–water partition coefficient (Wildman–Crippen LogP) is 12.9. The predicted molar refractivity (Wildman–Crippen MR) is 213 cm³/mol. The van der Waals surface area contributed by atoms with E-state index in [2.05, 4.69) is 12.1 Å². The van der Waals surface area contributed by atoms with Gasteiger partial charge in [-0.1, -0.05) is 133 Å². The zero-order valence-electron chi connectivity index (χ0n) is 32.3. The highest BCUT2D eigenvalue weighted by atomic mass is 32.1. The van der Waals surface area contributed by atoms with Gasteiger partial charge in [0.15, 0.2) is 17.5 Å². The number of benzene rings is 7. The van der Waals surface area contributed by atoms with Crippen LogP contribution in [0.4, 0.5) is 0 Å². The van der Waals surface area contributed by atoms with Crippen molar-refractivity contribution in [3.8, 4) is 56.4 Å². The molecule has 0 radical (unpaired) electrons. The summed E-state index contributed by atoms with van der Waals surface area (Å²) in [7, 11) is 0. The number of aromatic nitrogens is 3. The van der Waals surface area contributed by atoms with E-state index in [1.165, 1.54) is 11.3 Å². The van der Waals surface area contributed by atoms with Gasteiger partial charge >= 0.3 is 0 Å². The Balaban J connectivity index is 1.22. The number of thiophene rings is 2. The summed E-state index contributed by atoms with van der Waals surface area (Å²) in [6.45, 7) is 0. The molecule has 0 spiro atoms. The highest BCUT2D eigenvalue weighted by molar-refractivity contribution is 7.26. The second-order valence-electron chi connectivity index (χ2n) is 11.9. The Morgan fingerprint density at radius 3 is 1.92 bits per heavy atom. The number of hydrogen-bond donors (Lipinski definition) is 0. The first-order chi connectivity index (χ1) is 27.3. The number of fused-ring (bicyclic) bond motifs is 6. The van der Waals surface area contributed by atoms with E-state index < -0.39 is 0 Å². The van der Waals surface area contributed by atoms with Gasteiger partial charge in [0.1, 0.15) is 0 Å². The van der Waals surface area contributed by atoms with Crippen LogP contribution in [0.3, 0.4) is 0 Å². The molecule has 0 aliphatic heterocycles. The minimum Gasteiger partial charge on any atom is -0.208 e. The van der Waals surface area contributed by atoms with E-state index in [9.17, 15) is 4.11 Å². The van der Waals surface area contributed by atoms with Crippen LogP contribution in [0.15, 0.2) is 164 Å². The SMILES string of the molecule is [2H]c1c([2H])c([2H])c2c(sc3c([2H])c(-c4nc(-c5ccccc5)nc(-c5cccc(-c6ccccc6)c5)n4)c([2H])c([2H])c32)c1-c1ccc2sc3ccccc3c2c1. The summed E-state index contributed by atoms with van der Waals surface area (Å²) < 4.78 is 58.5. The average Bonchev–Trinajstić information content (AvgIpc) is 3.82. The molecule has 0 unspecified atom stereocenters. The quantitative estimate of drug-likeness (QED) is 0.182. The molecule has 0 atom stereocenters. The molecule has 7 aromatic carbocycles. The first kappa shape index (κ1) is 23.4. The van der Waals surface area contributed by atoms with Crippen molar-refractivity contribution in [3.63, 3.8) is 0 Å². The van der Waals surface area contributed by atoms with E-state index in [1.807, 2.05) is 115 Å². The maximum absolute atomic E-state index is 9.63. The van der Waals surface area contributed by atoms with Crippen molar-refractivity contribution in [1.82, 2.24) is 15.0 Å². The molecule has 3 nitrogen and oxygen atoms in total. The molecule has 3 aromatic heterocycles. The van der Waals surface area contributed by atoms with E-state index in [4.69, 9.17) is 19.1 Å². The molecule has 0 saturated heterocycles. The number of hydrogen-bond acceptors (Lipinski definition) is 5. The van der Waals surface area contributed by atoms with Crippen molar-refractivity contribution in [2.45, 2.75) is 0 Å². The van der Waals surface area contributed by atoms with E-state index in [-0.39, 0.29) is 53.0 Å². The first-order valence-electron chi connectivity index (χ1n) is 19.1. The zero-order chi connectivity index (χ0) is 38.2. The van der Waals surface area contributed by atoms with Gasteiger partial charge < -0.3 is 0 Å². The van der Waals surface area contributed by atoms with Crippen molar-refractivity contribution in [2.24, 2.45) is 0 Å². The fourth-order valence-corrected chi connectivity index (χ4v) is 8.64. The Labute approximate surface area is 305 Å². The minimum absolute atomic E-state index is 0.0564. The Morgan fingerprint density at radius 2 is 1.08 bits per heavy atom. The summed E-state index contributed by atoms with van der Waals surface area (Å²) >= 11 is 2.90. The van der Waals surface area contributed by atoms with Crippen molar-refractivity contribution >= 4 is 63.0 Å². The third-order valence-corrected chi connectivity index (χ3v) is 11.1. The van der Waals surface area contributed by atoms with Crippen molar-refractivity contribution < 1.29 is 8.22 Å². The van der Waals surface area contributed by atoms with Gasteiger partial charge in [0.2, 0.25) is 0 Å². The Kier molecular flexibility index (Phi) is 5.54. The fraction of sp³-hybridized carbons (Fsp3) is 0. The molecule has 0 N–H and O–H groups in total. The van der Waals surface area contributed by atoms with Crippen LogP contribution >= 0.6 is 22.7 Å². The molecular formula is C45H27N3S2. The molecule has 0 aliphatic rings. The number of rotatable bonds is 5. The van der Waals surface area contributed by atoms with Gasteiger partial charge in [0, 0.05) is 57.0 Å². The maximum Gasteiger partial charge on any atom is 0.164 e. The molecule has 0 bridgehead atoms. The van der Waals surface area contributed by atoms with Gasteiger partial charge in [-0.25, -0.2) is 15.0 Å². The van der Waals surface area contributed by atoms with Gasteiger partial charge in [0.05, 0.1) is 8.22 Å². The summed E-state index contributed by atoms with van der Waals surface area (Å²) in [4.78, 5) is 14.6. The highest BCUT2D eigenvalue weighted by Crippen LogP contribution is 2.43. The maximum atomic E-state index is 9.63. The Morgan fingerprint density at radius 1 is 0.400 bits per heavy atom. The average molecular weight is 680 g/mol. The zero-order valence-corrected chi connectivity index (χ0v) is 27.9. The van der Waals surface area contributed by atoms with Crippen molar-refractivity contribution in [2.75, 3.05) is 0 Å². The van der Waals surface area contributed by atoms with Crippen LogP contribution in [0.2, 0.25) is 0 Å². The number of nitrogens with zero attached hydrogens (tertiary/aromatic N) is 3. The lowest BCUT2D eigenvalue weighted by atomic mass is 10.0. The molecule has 3 heterocycles. The van der Waals surface area contributed by atoms with Gasteiger partial charge in [-0.05, 0) is 52.6 Å². The van der Waals surface area contributed by atoms with Crippen molar-refractivity contribution in [1.29, 1.82) is 0 Å². The van der Waals surface area contributed by atoms with E-state index >= 15 is 0 Å². The normalized spacial score (nSPS) is 13.3. The Bertz CT molecular complexity index is 3220. The molecule has 10 aromatic rings. The van der Waals surface area contributed by atoms with Crippen molar-refractivity contribution in [3.05, 3.63) is 164 Å². The first-order valence-corrected chi connectivity index (χ1v) is 17.7. The summed E-state index contributed by atoms with van der Waals surface area (Å²) in [5.74, 6) is 0.811. The van der Waals surface area contributed by atoms with E-state index in [0.717, 1.165) is 42.4 Å². The second-order valence-corrected chi connectivity index (χ2v) is 14.0. The van der Waals surface area contributed by atoms with E-state index in [0.29, 0.717) is 37.6 Å². The summed E-state index contributed by atoms with van der Waals surface area (Å²) in [6, 6.07) is 40.4. The fourth-order valence-electron chi connectivity index (χ4n) is 6.41. The lowest BCUT2D eigenvalue weighted by Crippen LogP contribution is -2.00. The lowest BCUT2D eigenvalue weighted by molar-refractivity contribution is 1.07. The van der Waals surface area contributed by atoms with Crippen LogP contribution < -0.4 is 0 Å². The van der Waals surface area contributed by atoms with Crippen LogP contribution in [-0.4, -0.2) is 15.0 Å². The summed E-state index contributed by atoms with van der Waals surface area (Å²) in [6.07, 6.45) is 0. The van der Waals surface area contributed by atoms with Gasteiger partial charge in [-0.3, -0.25) is 0 Å². The lowest BCUT2D eigenvalue weighted by Gasteiger charge is -2.10. The van der Waals surface area contributed by atoms with Gasteiger partial charge in [-0.2, -0.15) is 0 Å². The van der Waals surface area contributed by atoms with Crippen LogP contribution in [0, 0.1) is 0 Å². The standard InChI is InChI=1S/C45H27N3S2/c1-3-11-28(12-4-1)30-15-9-16-32(25-30)44-46-43(29-13-5-2-6-14-29)47-45(48-44)33-21-23-36-37-19-10-18-34(42(37)50-41(36)27-33)31-22-24-40-38(26-31)35-17-7-8-20-39(35)49-40/h1-27H/i10D,18D,19D,21D,23D,27D. The van der Waals surface area contributed by atoms with E-state index in [1.54, 1.807) is 11.3 Å². The van der Waals surface area contributed by atoms with Crippen LogP contribution in [-0.2, 0) is 0 Å². The van der Waals surface area contributed by atoms with Crippen LogP contribution in [0.1, 0.15) is 8.22 Å². The third-order valence-electron chi connectivity index (χ3n) is 8.85. The third kappa shape index (κ3) is 4.98. The molecule has 0 saturated carbocycles. The minimum atomic E-state index is -0.267. The van der Waals surface area contributed by atoms with Gasteiger partial charge in [-0.15, -0.1) is 22.7 Å². The smallest absolute Gasteiger partial charge is 0.164 e. The molecule has 0 aliphatic carbocycles. The molecule has 5 heteroatoms. The molecular weight excluding hydrogens is 647 g/mol. The summed E-state index contributed by atoms with van der Waals surface area (Å²) in [5, 5.41) is 2.68. The molecule has 0 amide bonds. The van der Waals surface area contributed by atoms with Crippen LogP contribution in [0.5, 0.6) is 0 Å². The molecule has 0 fully saturated rings. The largest absolute Gasteiger partial charge is 0.208 e. The van der Waals surface area contributed by atoms with Gasteiger partial charge in [0.25, 0.3) is 0 Å². The second kappa shape index (κ2) is 11.8. The topological polar surface area (TPSA) is 38.7 Å². The summed E-state index contributed by atoms with van der Waals surface area (Å²) in [5.41, 5.74) is 4.73. The monoisotopic (exact) mass is 679 g/mol. The van der Waals surface area contributed by atoms with Crippen LogP contribution in [0.25, 0.3) is 96.8 Å². The molecule has 50 heavy (non-hydrogen) atoms. The molecule has 234 valence electrons. The molecule has 10 rings (SSSR count). The highest BCUT2D eigenvalue weighted by Gasteiger charge is 2.16.